The van der Waals surface area contributed by atoms with Crippen molar-refractivity contribution in [1.82, 2.24) is 19.3 Å². The average molecular weight is 494 g/mol. The normalized spacial score (nSPS) is 16.6. The third-order valence-electron chi connectivity index (χ3n) is 4.99. The Morgan fingerprint density at radius 3 is 2.31 bits per heavy atom. The largest absolute Gasteiger partial charge is 0.416 e. The zero-order valence-corrected chi connectivity index (χ0v) is 18.1. The molecule has 1 fully saturated rings. The summed E-state index contributed by atoms with van der Waals surface area (Å²) in [6.45, 7) is 0.842. The van der Waals surface area contributed by atoms with Crippen molar-refractivity contribution >= 4 is 33.9 Å². The minimum absolute atomic E-state index is 0.00858. The van der Waals surface area contributed by atoms with Crippen LogP contribution in [0.5, 0.6) is 0 Å². The van der Waals surface area contributed by atoms with Crippen molar-refractivity contribution in [2.75, 3.05) is 36.8 Å². The Hall–Kier alpha value is -2.48. The maximum absolute atomic E-state index is 12.9. The molecule has 0 radical (unpaired) electrons. The van der Waals surface area contributed by atoms with Gasteiger partial charge in [-0.1, -0.05) is 23.7 Å². The van der Waals surface area contributed by atoms with Gasteiger partial charge in [-0.2, -0.15) is 17.5 Å². The fourth-order valence-corrected chi connectivity index (χ4v) is 5.11. The van der Waals surface area contributed by atoms with E-state index in [0.29, 0.717) is 18.9 Å². The van der Waals surface area contributed by atoms with Crippen molar-refractivity contribution in [2.45, 2.75) is 12.2 Å². The predicted molar refractivity (Wildman–Crippen MR) is 108 cm³/mol. The highest BCUT2D eigenvalue weighted by Gasteiger charge is 2.34. The summed E-state index contributed by atoms with van der Waals surface area (Å²) < 4.78 is 65.5. The molecule has 1 atom stereocenters. The number of nitrogens with zero attached hydrogens (tertiary/aromatic N) is 5. The van der Waals surface area contributed by atoms with Crippen LogP contribution in [0.25, 0.3) is 0 Å². The molecule has 174 valence electrons. The smallest absolute Gasteiger partial charge is 0.354 e. The monoisotopic (exact) mass is 493 g/mol. The van der Waals surface area contributed by atoms with E-state index >= 15 is 0 Å². The minimum atomic E-state index is -4.57. The maximum atomic E-state index is 12.9. The fraction of sp³-hybridized carbons (Fsp3) is 0.389. The van der Waals surface area contributed by atoms with Gasteiger partial charge < -0.3 is 4.90 Å². The van der Waals surface area contributed by atoms with Gasteiger partial charge in [0.1, 0.15) is 17.3 Å². The summed E-state index contributed by atoms with van der Waals surface area (Å²) in [5, 5.41) is 10.3. The zero-order chi connectivity index (χ0) is 23.5. The van der Waals surface area contributed by atoms with Crippen molar-refractivity contribution in [2.24, 2.45) is 0 Å². The molecule has 1 aliphatic heterocycles. The number of halogens is 4. The van der Waals surface area contributed by atoms with Gasteiger partial charge in [0.15, 0.2) is 0 Å². The molecule has 3 rings (SSSR count). The SMILES string of the molecule is O=CN(O)C(CS(=O)(=O)N1CCN(c2cc(Cl)ncn2)CC1)c1ccc(C(F)(F)F)cc1. The lowest BCUT2D eigenvalue weighted by Crippen LogP contribution is -2.50. The van der Waals surface area contributed by atoms with E-state index < -0.39 is 33.6 Å². The number of carbonyl (C=O) groups excluding carboxylic acids is 1. The Labute approximate surface area is 187 Å². The summed E-state index contributed by atoms with van der Waals surface area (Å²) >= 11 is 5.86. The molecular formula is C18H19ClF3N5O4S. The molecule has 0 aliphatic carbocycles. The highest BCUT2D eigenvalue weighted by Crippen LogP contribution is 2.31. The van der Waals surface area contributed by atoms with Gasteiger partial charge in [0, 0.05) is 32.2 Å². The number of hydrogen-bond donors (Lipinski definition) is 1. The van der Waals surface area contributed by atoms with E-state index in [1.54, 1.807) is 6.07 Å². The van der Waals surface area contributed by atoms with E-state index in [0.717, 1.165) is 24.3 Å². The molecular weight excluding hydrogens is 475 g/mol. The van der Waals surface area contributed by atoms with Gasteiger partial charge >= 0.3 is 6.18 Å². The minimum Gasteiger partial charge on any atom is -0.354 e. The Kier molecular flexibility index (Phi) is 7.22. The molecule has 14 heteroatoms. The Morgan fingerprint density at radius 2 is 1.78 bits per heavy atom. The van der Waals surface area contributed by atoms with Crippen molar-refractivity contribution in [1.29, 1.82) is 0 Å². The van der Waals surface area contributed by atoms with E-state index in [2.05, 4.69) is 9.97 Å². The number of benzene rings is 1. The van der Waals surface area contributed by atoms with Crippen LogP contribution in [0.3, 0.4) is 0 Å². The van der Waals surface area contributed by atoms with Crippen molar-refractivity contribution in [3.05, 3.63) is 52.9 Å². The Balaban J connectivity index is 1.73. The molecule has 1 aromatic heterocycles. The first kappa shape index (κ1) is 24.2. The van der Waals surface area contributed by atoms with Gasteiger partial charge in [-0.3, -0.25) is 10.0 Å². The molecule has 1 unspecified atom stereocenters. The summed E-state index contributed by atoms with van der Waals surface area (Å²) in [7, 11) is -3.97. The first-order chi connectivity index (χ1) is 15.0. The highest BCUT2D eigenvalue weighted by molar-refractivity contribution is 7.89. The number of hydroxylamine groups is 2. The summed E-state index contributed by atoms with van der Waals surface area (Å²) in [6, 6.07) is 3.77. The summed E-state index contributed by atoms with van der Waals surface area (Å²) in [5.41, 5.74) is -0.884. The van der Waals surface area contributed by atoms with Crippen LogP contribution < -0.4 is 4.90 Å². The van der Waals surface area contributed by atoms with Crippen LogP contribution in [-0.4, -0.2) is 71.3 Å². The Morgan fingerprint density at radius 1 is 1.16 bits per heavy atom. The topological polar surface area (TPSA) is 107 Å². The number of rotatable bonds is 7. The fourth-order valence-electron chi connectivity index (χ4n) is 3.29. The Bertz CT molecular complexity index is 1050. The number of piperazine rings is 1. The summed E-state index contributed by atoms with van der Waals surface area (Å²) in [4.78, 5) is 20.8. The lowest BCUT2D eigenvalue weighted by molar-refractivity contribution is -0.159. The van der Waals surface area contributed by atoms with Crippen LogP contribution in [0, 0.1) is 0 Å². The number of carbonyl (C=O) groups is 1. The number of amides is 1. The second-order valence-electron chi connectivity index (χ2n) is 6.98. The standard InChI is InChI=1S/C18H19ClF3N5O4S/c19-16-9-17(24-11-23-16)25-5-7-26(8-6-25)32(30,31)10-15(27(29)12-28)13-1-3-14(4-2-13)18(20,21)22/h1-4,9,11-12,15,29H,5-8,10H2. The number of sulfonamides is 1. The van der Waals surface area contributed by atoms with Crippen molar-refractivity contribution in [3.63, 3.8) is 0 Å². The van der Waals surface area contributed by atoms with Crippen LogP contribution in [-0.2, 0) is 21.0 Å². The summed E-state index contributed by atoms with van der Waals surface area (Å²) in [6.07, 6.45) is -3.27. The van der Waals surface area contributed by atoms with Gasteiger partial charge in [0.05, 0.1) is 17.4 Å². The van der Waals surface area contributed by atoms with Gasteiger partial charge in [-0.05, 0) is 17.7 Å². The molecule has 0 saturated carbocycles. The van der Waals surface area contributed by atoms with Crippen LogP contribution in [0.2, 0.25) is 5.15 Å². The van der Waals surface area contributed by atoms with E-state index in [1.165, 1.54) is 10.6 Å². The van der Waals surface area contributed by atoms with E-state index in [9.17, 15) is 31.6 Å². The van der Waals surface area contributed by atoms with Gasteiger partial charge in [0.2, 0.25) is 16.4 Å². The third kappa shape index (κ3) is 5.65. The molecule has 1 amide bonds. The van der Waals surface area contributed by atoms with E-state index in [1.807, 2.05) is 4.90 Å². The van der Waals surface area contributed by atoms with Gasteiger partial charge in [-0.25, -0.2) is 23.4 Å². The summed E-state index contributed by atoms with van der Waals surface area (Å²) in [5.74, 6) is -0.153. The molecule has 0 bridgehead atoms. The first-order valence-electron chi connectivity index (χ1n) is 9.31. The molecule has 1 aromatic carbocycles. The van der Waals surface area contributed by atoms with E-state index in [-0.39, 0.29) is 35.3 Å². The maximum Gasteiger partial charge on any atom is 0.416 e. The molecule has 1 saturated heterocycles. The predicted octanol–water partition coefficient (Wildman–Crippen LogP) is 2.19. The first-order valence-corrected chi connectivity index (χ1v) is 11.3. The third-order valence-corrected chi connectivity index (χ3v) is 7.09. The van der Waals surface area contributed by atoms with Crippen LogP contribution in [0.4, 0.5) is 19.0 Å². The molecule has 2 heterocycles. The van der Waals surface area contributed by atoms with E-state index in [4.69, 9.17) is 11.6 Å². The van der Waals surface area contributed by atoms with Crippen LogP contribution in [0.1, 0.15) is 17.2 Å². The molecule has 1 N–H and O–H groups in total. The van der Waals surface area contributed by atoms with Crippen molar-refractivity contribution in [3.8, 4) is 0 Å². The molecule has 9 nitrogen and oxygen atoms in total. The molecule has 0 spiro atoms. The lowest BCUT2D eigenvalue weighted by Gasteiger charge is -2.35. The lowest BCUT2D eigenvalue weighted by atomic mass is 10.1. The number of alkyl halides is 3. The van der Waals surface area contributed by atoms with Gasteiger partial charge in [-0.15, -0.1) is 0 Å². The molecule has 2 aromatic rings. The van der Waals surface area contributed by atoms with Crippen molar-refractivity contribution < 1.29 is 31.6 Å². The number of hydrogen-bond acceptors (Lipinski definition) is 7. The van der Waals surface area contributed by atoms with Crippen LogP contribution in [0.15, 0.2) is 36.7 Å². The van der Waals surface area contributed by atoms with Gasteiger partial charge in [0.25, 0.3) is 0 Å². The quantitative estimate of drug-likeness (QED) is 0.273. The highest BCUT2D eigenvalue weighted by atomic mass is 35.5. The average Bonchev–Trinajstić information content (AvgIpc) is 2.76. The molecule has 1 aliphatic rings. The zero-order valence-electron chi connectivity index (χ0n) is 16.5. The second-order valence-corrected chi connectivity index (χ2v) is 9.39. The van der Waals surface area contributed by atoms with Crippen LogP contribution >= 0.6 is 11.6 Å². The number of aromatic nitrogens is 2. The molecule has 32 heavy (non-hydrogen) atoms. The number of anilines is 1. The second kappa shape index (κ2) is 9.57.